The van der Waals surface area contributed by atoms with Crippen molar-refractivity contribution in [3.8, 4) is 0 Å². The number of hydrogen-bond acceptors (Lipinski definition) is 3. The number of rotatable bonds is 4. The second-order valence-corrected chi connectivity index (χ2v) is 1.45. The summed E-state index contributed by atoms with van der Waals surface area (Å²) in [4.78, 5) is 4.64. The molecule has 3 nitrogen and oxygen atoms in total. The topological polar surface area (TPSA) is 41.5 Å². The molecule has 0 atom stereocenters. The molecular formula is C5H11NO2. The van der Waals surface area contributed by atoms with Gasteiger partial charge in [0.15, 0.2) is 0 Å². The van der Waals surface area contributed by atoms with Crippen LogP contribution in [-0.4, -0.2) is 18.3 Å². The van der Waals surface area contributed by atoms with Crippen LogP contribution in [0.25, 0.3) is 0 Å². The van der Waals surface area contributed by atoms with Gasteiger partial charge in [-0.3, -0.25) is 10.3 Å². The van der Waals surface area contributed by atoms with E-state index in [2.05, 4.69) is 16.9 Å². The van der Waals surface area contributed by atoms with Crippen LogP contribution in [-0.2, 0) is 4.84 Å². The number of hydrogen-bond donors (Lipinski definition) is 2. The first kappa shape index (κ1) is 7.46. The summed E-state index contributed by atoms with van der Waals surface area (Å²) >= 11 is 0. The van der Waals surface area contributed by atoms with Crippen molar-refractivity contribution in [2.24, 2.45) is 0 Å². The maximum absolute atomic E-state index is 8.18. The van der Waals surface area contributed by atoms with Gasteiger partial charge in [-0.05, 0) is 6.92 Å². The lowest BCUT2D eigenvalue weighted by Gasteiger charge is -2.01. The van der Waals surface area contributed by atoms with Crippen LogP contribution >= 0.6 is 0 Å². The van der Waals surface area contributed by atoms with Crippen LogP contribution in [0.15, 0.2) is 12.3 Å². The summed E-state index contributed by atoms with van der Waals surface area (Å²) in [5.74, 6) is 0. The molecule has 0 spiro atoms. The molecule has 0 heterocycles. The predicted molar refractivity (Wildman–Crippen MR) is 31.0 cm³/mol. The first-order valence-corrected chi connectivity index (χ1v) is 2.41. The molecular weight excluding hydrogens is 106 g/mol. The standard InChI is InChI=1S/C5H11NO2/c1-5(2)6-8-4-3-7/h6-7H,1,3-4H2,2H3. The van der Waals surface area contributed by atoms with E-state index in [1.54, 1.807) is 6.92 Å². The van der Waals surface area contributed by atoms with Crippen LogP contribution in [0.5, 0.6) is 0 Å². The first-order valence-electron chi connectivity index (χ1n) is 2.41. The van der Waals surface area contributed by atoms with Gasteiger partial charge in [0.2, 0.25) is 0 Å². The Labute approximate surface area is 48.9 Å². The zero-order valence-electron chi connectivity index (χ0n) is 4.98. The Morgan fingerprint density at radius 2 is 2.50 bits per heavy atom. The molecule has 0 rings (SSSR count). The fourth-order valence-electron chi connectivity index (χ4n) is 0.220. The second-order valence-electron chi connectivity index (χ2n) is 1.45. The van der Waals surface area contributed by atoms with Crippen molar-refractivity contribution in [3.05, 3.63) is 12.3 Å². The Balaban J connectivity index is 2.82. The molecule has 0 aromatic heterocycles. The molecule has 0 aromatic rings. The van der Waals surface area contributed by atoms with Crippen LogP contribution < -0.4 is 5.48 Å². The van der Waals surface area contributed by atoms with Gasteiger partial charge in [0.25, 0.3) is 0 Å². The predicted octanol–water partition coefficient (Wildman–Crippen LogP) is 0.0335. The van der Waals surface area contributed by atoms with Gasteiger partial charge < -0.3 is 5.11 Å². The lowest BCUT2D eigenvalue weighted by atomic mass is 10.6. The van der Waals surface area contributed by atoms with Crippen molar-refractivity contribution in [2.75, 3.05) is 13.2 Å². The minimum absolute atomic E-state index is 0.0281. The fourth-order valence-corrected chi connectivity index (χ4v) is 0.220. The van der Waals surface area contributed by atoms with Gasteiger partial charge in [0.1, 0.15) is 0 Å². The maximum atomic E-state index is 8.18. The van der Waals surface area contributed by atoms with Crippen LogP contribution in [0.2, 0.25) is 0 Å². The molecule has 3 heteroatoms. The number of aliphatic hydroxyl groups is 1. The lowest BCUT2D eigenvalue weighted by molar-refractivity contribution is 0.0358. The van der Waals surface area contributed by atoms with Crippen molar-refractivity contribution in [1.82, 2.24) is 5.48 Å². The van der Waals surface area contributed by atoms with Gasteiger partial charge in [-0.15, -0.1) is 0 Å². The highest BCUT2D eigenvalue weighted by atomic mass is 16.6. The number of aliphatic hydroxyl groups excluding tert-OH is 1. The van der Waals surface area contributed by atoms with Crippen molar-refractivity contribution >= 4 is 0 Å². The highest BCUT2D eigenvalue weighted by molar-refractivity contribution is 4.79. The molecule has 2 N–H and O–H groups in total. The average molecular weight is 117 g/mol. The van der Waals surface area contributed by atoms with E-state index in [0.29, 0.717) is 6.61 Å². The first-order chi connectivity index (χ1) is 3.77. The van der Waals surface area contributed by atoms with E-state index in [-0.39, 0.29) is 6.61 Å². The van der Waals surface area contributed by atoms with Gasteiger partial charge in [-0.2, -0.15) is 0 Å². The highest BCUT2D eigenvalue weighted by Gasteiger charge is 1.80. The van der Waals surface area contributed by atoms with E-state index in [0.717, 1.165) is 5.70 Å². The number of allylic oxidation sites excluding steroid dienone is 1. The van der Waals surface area contributed by atoms with Gasteiger partial charge in [-0.1, -0.05) is 6.58 Å². The highest BCUT2D eigenvalue weighted by Crippen LogP contribution is 1.76. The van der Waals surface area contributed by atoms with Gasteiger partial charge >= 0.3 is 0 Å². The third-order valence-corrected chi connectivity index (χ3v) is 0.440. The SMILES string of the molecule is C=C(C)NOCCO. The largest absolute Gasteiger partial charge is 0.394 e. The van der Waals surface area contributed by atoms with Gasteiger partial charge in [-0.25, -0.2) is 0 Å². The zero-order chi connectivity index (χ0) is 6.41. The Bertz CT molecular complexity index is 72.8. The van der Waals surface area contributed by atoms with E-state index in [9.17, 15) is 0 Å². The Hall–Kier alpha value is -0.540. The van der Waals surface area contributed by atoms with Crippen molar-refractivity contribution in [2.45, 2.75) is 6.92 Å². The summed E-state index contributed by atoms with van der Waals surface area (Å²) in [6.45, 7) is 5.61. The summed E-state index contributed by atoms with van der Waals surface area (Å²) in [6, 6.07) is 0. The third kappa shape index (κ3) is 5.46. The summed E-state index contributed by atoms with van der Waals surface area (Å²) in [6.07, 6.45) is 0. The Morgan fingerprint density at radius 3 is 2.88 bits per heavy atom. The number of hydroxylamine groups is 1. The molecule has 0 bridgehead atoms. The van der Waals surface area contributed by atoms with Crippen LogP contribution in [0.1, 0.15) is 6.92 Å². The lowest BCUT2D eigenvalue weighted by Crippen LogP contribution is -2.13. The van der Waals surface area contributed by atoms with E-state index in [1.807, 2.05) is 0 Å². The second kappa shape index (κ2) is 4.61. The third-order valence-electron chi connectivity index (χ3n) is 0.440. The van der Waals surface area contributed by atoms with Crippen molar-refractivity contribution in [3.63, 3.8) is 0 Å². The molecule has 0 aromatic carbocycles. The summed E-state index contributed by atoms with van der Waals surface area (Å²) in [5.41, 5.74) is 3.23. The normalized spacial score (nSPS) is 8.75. The molecule has 0 aliphatic carbocycles. The van der Waals surface area contributed by atoms with E-state index >= 15 is 0 Å². The van der Waals surface area contributed by atoms with Crippen LogP contribution in [0, 0.1) is 0 Å². The summed E-state index contributed by atoms with van der Waals surface area (Å²) in [5, 5.41) is 8.18. The minimum Gasteiger partial charge on any atom is -0.394 e. The van der Waals surface area contributed by atoms with E-state index in [1.165, 1.54) is 0 Å². The van der Waals surface area contributed by atoms with E-state index in [4.69, 9.17) is 5.11 Å². The Morgan fingerprint density at radius 1 is 1.88 bits per heavy atom. The van der Waals surface area contributed by atoms with Gasteiger partial charge in [0, 0.05) is 5.70 Å². The smallest absolute Gasteiger partial charge is 0.0976 e. The molecule has 8 heavy (non-hydrogen) atoms. The van der Waals surface area contributed by atoms with Crippen molar-refractivity contribution in [1.29, 1.82) is 0 Å². The summed E-state index contributed by atoms with van der Waals surface area (Å²) in [7, 11) is 0. The zero-order valence-corrected chi connectivity index (χ0v) is 4.98. The minimum atomic E-state index is 0.0281. The molecule has 0 fully saturated rings. The molecule has 0 radical (unpaired) electrons. The van der Waals surface area contributed by atoms with Crippen LogP contribution in [0.3, 0.4) is 0 Å². The molecule has 0 saturated heterocycles. The summed E-state index contributed by atoms with van der Waals surface area (Å²) < 4.78 is 0. The molecule has 0 saturated carbocycles. The molecule has 48 valence electrons. The van der Waals surface area contributed by atoms with E-state index < -0.39 is 0 Å². The Kier molecular flexibility index (Phi) is 4.30. The maximum Gasteiger partial charge on any atom is 0.0976 e. The van der Waals surface area contributed by atoms with Crippen molar-refractivity contribution < 1.29 is 9.94 Å². The van der Waals surface area contributed by atoms with Crippen LogP contribution in [0.4, 0.5) is 0 Å². The number of nitrogens with one attached hydrogen (secondary N) is 1. The van der Waals surface area contributed by atoms with Gasteiger partial charge in [0.05, 0.1) is 13.2 Å². The fraction of sp³-hybridized carbons (Fsp3) is 0.600. The molecule has 0 aliphatic heterocycles. The monoisotopic (exact) mass is 117 g/mol. The molecule has 0 aliphatic rings. The molecule has 0 unspecified atom stereocenters. The quantitative estimate of drug-likeness (QED) is 0.403. The average Bonchev–Trinajstić information content (AvgIpc) is 1.66. The molecule has 0 amide bonds.